The van der Waals surface area contributed by atoms with E-state index in [2.05, 4.69) is 46.5 Å². The Balaban J connectivity index is 1.45. The lowest BCUT2D eigenvalue weighted by Gasteiger charge is -2.22. The zero-order valence-electron chi connectivity index (χ0n) is 26.0. The average molecular weight is 655 g/mol. The third-order valence-electron chi connectivity index (χ3n) is 6.97. The second-order valence-electron chi connectivity index (χ2n) is 10.4. The fourth-order valence-electron chi connectivity index (χ4n) is 4.58. The molecule has 0 radical (unpaired) electrons. The molecule has 2 atom stereocenters. The monoisotopic (exact) mass is 654 g/mol. The molecule has 2 amide bonds. The molecule has 0 aliphatic rings. The number of tetrazole rings is 2. The van der Waals surface area contributed by atoms with Gasteiger partial charge in [0.05, 0.1) is 31.1 Å². The Hall–Kier alpha value is -6.23. The van der Waals surface area contributed by atoms with Crippen molar-refractivity contribution in [3.8, 4) is 6.07 Å². The van der Waals surface area contributed by atoms with Gasteiger partial charge < -0.3 is 25.0 Å². The topological polar surface area (TPSA) is 209 Å². The number of benzene rings is 2. The molecule has 2 aromatic carbocycles. The van der Waals surface area contributed by atoms with E-state index < -0.39 is 30.1 Å². The maximum absolute atomic E-state index is 13.5. The number of hydrogen-bond donors (Lipinski definition) is 2. The normalized spacial score (nSPS) is 11.8. The molecule has 48 heavy (non-hydrogen) atoms. The third kappa shape index (κ3) is 11.0. The molecule has 17 heteroatoms. The minimum absolute atomic E-state index is 0.0729. The van der Waals surface area contributed by atoms with Crippen molar-refractivity contribution in [2.75, 3.05) is 6.54 Å². The van der Waals surface area contributed by atoms with Crippen molar-refractivity contribution in [3.05, 3.63) is 94.9 Å². The van der Waals surface area contributed by atoms with E-state index in [4.69, 9.17) is 21.3 Å². The van der Waals surface area contributed by atoms with E-state index in [-0.39, 0.29) is 76.6 Å². The number of aryl methyl sites for hydroxylation is 1. The highest BCUT2D eigenvalue weighted by Gasteiger charge is 2.27. The van der Waals surface area contributed by atoms with Crippen molar-refractivity contribution in [2.45, 2.75) is 70.5 Å². The van der Waals surface area contributed by atoms with E-state index in [0.717, 1.165) is 11.1 Å². The average Bonchev–Trinajstić information content (AvgIpc) is 3.79. The zero-order valence-corrected chi connectivity index (χ0v) is 26.0. The van der Waals surface area contributed by atoms with Crippen LogP contribution in [0.2, 0.25) is 0 Å². The first kappa shape index (κ1) is 34.6. The summed E-state index contributed by atoms with van der Waals surface area (Å²) in [6.07, 6.45) is 0.125. The molecule has 0 saturated heterocycles. The summed E-state index contributed by atoms with van der Waals surface area (Å²) >= 11 is 0. The second kappa shape index (κ2) is 18.7. The van der Waals surface area contributed by atoms with Crippen molar-refractivity contribution in [1.82, 2.24) is 51.0 Å². The molecule has 2 N–H and O–H groups in total. The molecule has 0 aliphatic heterocycles. The Morgan fingerprint density at radius 3 is 1.73 bits per heavy atom. The maximum atomic E-state index is 13.5. The number of nitriles is 1. The number of nitrogens with one attached hydrogen (secondary N) is 2. The van der Waals surface area contributed by atoms with Crippen molar-refractivity contribution < 1.29 is 23.9 Å². The lowest BCUT2D eigenvalue weighted by molar-refractivity contribution is -0.146. The van der Waals surface area contributed by atoms with Crippen LogP contribution in [-0.4, -0.2) is 64.9 Å². The van der Waals surface area contributed by atoms with Gasteiger partial charge in [0.1, 0.15) is 19.8 Å². The lowest BCUT2D eigenvalue weighted by atomic mass is 10.1. The van der Waals surface area contributed by atoms with Crippen LogP contribution >= 0.6 is 0 Å². The molecule has 0 spiro atoms. The lowest BCUT2D eigenvalue weighted by Crippen LogP contribution is -2.42. The van der Waals surface area contributed by atoms with E-state index in [9.17, 15) is 14.4 Å². The largest absolute Gasteiger partial charge is 0.461 e. The van der Waals surface area contributed by atoms with Gasteiger partial charge in [-0.25, -0.2) is 20.7 Å². The summed E-state index contributed by atoms with van der Waals surface area (Å²) in [4.78, 5) is 42.1. The number of esters is 2. The van der Waals surface area contributed by atoms with Crippen molar-refractivity contribution >= 4 is 18.0 Å². The quantitative estimate of drug-likeness (QED) is 0.117. The maximum Gasteiger partial charge on any atom is 0.315 e. The highest BCUT2D eigenvalue weighted by molar-refractivity contribution is 5.75. The smallest absolute Gasteiger partial charge is 0.315 e. The summed E-state index contributed by atoms with van der Waals surface area (Å²) in [6.45, 7) is 7.76. The van der Waals surface area contributed by atoms with Crippen LogP contribution in [0.25, 0.3) is 4.85 Å². The van der Waals surface area contributed by atoms with Gasteiger partial charge in [-0.05, 0) is 44.8 Å². The Morgan fingerprint density at radius 1 is 0.792 bits per heavy atom. The van der Waals surface area contributed by atoms with Gasteiger partial charge in [-0.15, -0.1) is 10.2 Å². The molecular weight excluding hydrogens is 620 g/mol. The van der Waals surface area contributed by atoms with Gasteiger partial charge >= 0.3 is 18.0 Å². The van der Waals surface area contributed by atoms with Crippen LogP contribution in [0.15, 0.2) is 60.7 Å². The summed E-state index contributed by atoms with van der Waals surface area (Å²) in [7, 11) is 0. The van der Waals surface area contributed by atoms with E-state index in [1.807, 2.05) is 66.7 Å². The summed E-state index contributed by atoms with van der Waals surface area (Å²) in [6, 6.07) is 18.1. The first-order valence-electron chi connectivity index (χ1n) is 15.1. The molecule has 248 valence electrons. The van der Waals surface area contributed by atoms with Crippen LogP contribution < -0.4 is 10.6 Å². The van der Waals surface area contributed by atoms with Crippen molar-refractivity contribution in [1.29, 1.82) is 5.26 Å². The summed E-state index contributed by atoms with van der Waals surface area (Å²) in [5.41, 5.74) is 1.66. The Morgan fingerprint density at radius 2 is 1.27 bits per heavy atom. The molecule has 0 fully saturated rings. The second-order valence-corrected chi connectivity index (χ2v) is 10.4. The fraction of sp³-hybridized carbons (Fsp3) is 0.387. The van der Waals surface area contributed by atoms with Gasteiger partial charge in [0.2, 0.25) is 6.54 Å². The number of hydrogen-bond acceptors (Lipinski definition) is 12. The number of carbonyl (C=O) groups excluding carboxylic acids is 3. The van der Waals surface area contributed by atoms with Gasteiger partial charge in [0.15, 0.2) is 11.6 Å². The predicted molar refractivity (Wildman–Crippen MR) is 165 cm³/mol. The van der Waals surface area contributed by atoms with Gasteiger partial charge in [0, 0.05) is 12.8 Å². The number of aromatic nitrogens is 8. The molecule has 2 aromatic heterocycles. The molecule has 0 saturated carbocycles. The fourth-order valence-corrected chi connectivity index (χ4v) is 4.58. The molecule has 4 rings (SSSR count). The molecule has 0 bridgehead atoms. The number of urea groups is 1. The van der Waals surface area contributed by atoms with Gasteiger partial charge in [-0.2, -0.15) is 5.26 Å². The van der Waals surface area contributed by atoms with E-state index in [0.29, 0.717) is 0 Å². The third-order valence-corrected chi connectivity index (χ3v) is 6.97. The van der Waals surface area contributed by atoms with E-state index in [1.165, 1.54) is 9.36 Å². The number of rotatable bonds is 18. The summed E-state index contributed by atoms with van der Waals surface area (Å²) in [5.74, 6) is -0.508. The summed E-state index contributed by atoms with van der Waals surface area (Å²) < 4.78 is 13.6. The molecule has 4 aromatic rings. The number of carbonyl (C=O) groups is 3. The van der Waals surface area contributed by atoms with Gasteiger partial charge in [0.25, 0.3) is 0 Å². The van der Waals surface area contributed by atoms with Gasteiger partial charge in [-0.3, -0.25) is 9.59 Å². The zero-order chi connectivity index (χ0) is 34.0. The molecule has 17 nitrogen and oxygen atoms in total. The van der Waals surface area contributed by atoms with E-state index >= 15 is 0 Å². The highest BCUT2D eigenvalue weighted by atomic mass is 16.5. The summed E-state index contributed by atoms with van der Waals surface area (Å²) in [5, 5.41) is 38.0. The number of amides is 2. The number of nitrogens with zero attached hydrogens (tertiary/aromatic N) is 10. The van der Waals surface area contributed by atoms with Crippen molar-refractivity contribution in [2.24, 2.45) is 0 Å². The first-order chi connectivity index (χ1) is 23.5. The molecular formula is C31H34N12O5. The Labute approximate surface area is 276 Å². The molecule has 0 aliphatic carbocycles. The van der Waals surface area contributed by atoms with Gasteiger partial charge in [-0.1, -0.05) is 60.7 Å². The van der Waals surface area contributed by atoms with E-state index in [1.54, 1.807) is 0 Å². The molecule has 0 unspecified atom stereocenters. The van der Waals surface area contributed by atoms with Crippen LogP contribution in [0.5, 0.6) is 0 Å². The van der Waals surface area contributed by atoms with Crippen molar-refractivity contribution in [3.63, 3.8) is 0 Å². The van der Waals surface area contributed by atoms with Crippen LogP contribution in [-0.2, 0) is 45.4 Å². The van der Waals surface area contributed by atoms with Crippen LogP contribution in [0.3, 0.4) is 0 Å². The SMILES string of the molecule is [C-]#[N+]CCn1nnnc1[C@H](CCC(=O)OCc1ccccc1)NC(=O)N[C@@H](CCC(=O)OCc1ccccc1)c1nnnn1CCC#N. The first-order valence-corrected chi connectivity index (χ1v) is 15.1. The highest BCUT2D eigenvalue weighted by Crippen LogP contribution is 2.20. The standard InChI is InChI=1S/C31H34N12O5/c1-33-18-20-43-30(37-39-41-43)26(14-16-28(45)48-22-24-11-6-3-7-12-24)35-31(46)34-25(29-36-38-40-42(29)19-8-17-32)13-15-27(44)47-21-23-9-4-2-5-10-23/h2-7,9-12,25-26H,8,13-16,18-22H2,(H2,34,35,46)/t25-,26-/m0/s1. The predicted octanol–water partition coefficient (Wildman–Crippen LogP) is 2.62. The minimum atomic E-state index is -0.863. The Bertz CT molecular complexity index is 1570. The minimum Gasteiger partial charge on any atom is -0.461 e. The number of ether oxygens (including phenoxy) is 2. The molecule has 2 heterocycles. The van der Waals surface area contributed by atoms with Crippen LogP contribution in [0, 0.1) is 17.9 Å². The Kier molecular flexibility index (Phi) is 13.5. The van der Waals surface area contributed by atoms with Crippen LogP contribution in [0.1, 0.15) is 67.0 Å². The van der Waals surface area contributed by atoms with Crippen LogP contribution in [0.4, 0.5) is 4.79 Å².